The Bertz CT molecular complexity index is 1140. The number of anilines is 2. The van der Waals surface area contributed by atoms with E-state index in [-0.39, 0.29) is 11.2 Å². The monoisotopic (exact) mass is 412 g/mol. The summed E-state index contributed by atoms with van der Waals surface area (Å²) in [5.74, 6) is 0.759. The zero-order chi connectivity index (χ0) is 19.3. The standard InChI is InChI=1S/C18H16N6O2S2/c19-15-14-11(13-4-5-23-26-13)6-12(9-7-21-18(20)22-8-9)24-16(14)27-17(15)28(25)10-2-1-3-10/h4-8,10H,1-3,19H2,(H2,20,21,22). The lowest BCUT2D eigenvalue weighted by Gasteiger charge is -2.26. The van der Waals surface area contributed by atoms with Crippen molar-refractivity contribution in [3.8, 4) is 22.6 Å². The van der Waals surface area contributed by atoms with Crippen LogP contribution >= 0.6 is 11.3 Å². The summed E-state index contributed by atoms with van der Waals surface area (Å²) in [6, 6.07) is 3.62. The number of pyridine rings is 1. The van der Waals surface area contributed by atoms with Gasteiger partial charge in [0.2, 0.25) is 10.2 Å². The molecule has 1 atom stereocenters. The van der Waals surface area contributed by atoms with Crippen molar-refractivity contribution in [1.29, 1.82) is 0 Å². The first-order valence-electron chi connectivity index (χ1n) is 8.74. The molecule has 4 heterocycles. The fourth-order valence-corrected chi connectivity index (χ4v) is 6.36. The molecular formula is C18H16N6O2S2. The fraction of sp³-hybridized carbons (Fsp3) is 0.222. The number of nitrogens with two attached hydrogens (primary N) is 2. The normalized spacial score (nSPS) is 15.6. The third-order valence-corrected chi connectivity index (χ3v) is 8.17. The lowest BCUT2D eigenvalue weighted by Crippen LogP contribution is -2.28. The van der Waals surface area contributed by atoms with Crippen LogP contribution in [0.2, 0.25) is 0 Å². The first kappa shape index (κ1) is 17.4. The van der Waals surface area contributed by atoms with Crippen LogP contribution in [-0.2, 0) is 11.2 Å². The number of nitrogens with zero attached hydrogens (tertiary/aromatic N) is 4. The highest BCUT2D eigenvalue weighted by molar-refractivity contribution is 7.94. The third-order valence-electron chi connectivity index (χ3n) is 4.87. The van der Waals surface area contributed by atoms with Gasteiger partial charge in [-0.1, -0.05) is 16.5 Å². The molecule has 0 aromatic carbocycles. The predicted octanol–water partition coefficient (Wildman–Crippen LogP) is 3.23. The number of hydrogen-bond donors (Lipinski definition) is 2. The fourth-order valence-electron chi connectivity index (χ4n) is 3.15. The summed E-state index contributed by atoms with van der Waals surface area (Å²) in [5, 5.41) is 4.72. The average molecular weight is 413 g/mol. The van der Waals surface area contributed by atoms with Gasteiger partial charge in [0.25, 0.3) is 0 Å². The maximum absolute atomic E-state index is 13.0. The van der Waals surface area contributed by atoms with Crippen molar-refractivity contribution in [2.45, 2.75) is 28.7 Å². The summed E-state index contributed by atoms with van der Waals surface area (Å²) in [4.78, 5) is 13.5. The van der Waals surface area contributed by atoms with Gasteiger partial charge in [-0.2, -0.15) is 0 Å². The molecule has 1 unspecified atom stereocenters. The minimum Gasteiger partial charge on any atom is -0.611 e. The molecule has 1 fully saturated rings. The van der Waals surface area contributed by atoms with E-state index in [4.69, 9.17) is 21.0 Å². The van der Waals surface area contributed by atoms with E-state index in [0.29, 0.717) is 31.7 Å². The highest BCUT2D eigenvalue weighted by Crippen LogP contribution is 2.45. The van der Waals surface area contributed by atoms with Crippen LogP contribution < -0.4 is 11.5 Å². The van der Waals surface area contributed by atoms with Gasteiger partial charge < -0.3 is 20.5 Å². The van der Waals surface area contributed by atoms with Gasteiger partial charge >= 0.3 is 0 Å². The van der Waals surface area contributed by atoms with Crippen molar-refractivity contribution in [3.05, 3.63) is 30.7 Å². The Morgan fingerprint density at radius 2 is 2.00 bits per heavy atom. The highest BCUT2D eigenvalue weighted by atomic mass is 32.2. The van der Waals surface area contributed by atoms with E-state index in [9.17, 15) is 4.55 Å². The molecule has 142 valence electrons. The van der Waals surface area contributed by atoms with E-state index < -0.39 is 11.2 Å². The summed E-state index contributed by atoms with van der Waals surface area (Å²) in [7, 11) is 0. The quantitative estimate of drug-likeness (QED) is 0.487. The van der Waals surface area contributed by atoms with Gasteiger partial charge in [-0.05, 0) is 25.3 Å². The Morgan fingerprint density at radius 1 is 1.21 bits per heavy atom. The lowest BCUT2D eigenvalue weighted by molar-refractivity contribution is 0.432. The number of hydrogen-bond acceptors (Lipinski definition) is 9. The molecule has 0 amide bonds. The van der Waals surface area contributed by atoms with Gasteiger partial charge in [-0.25, -0.2) is 15.0 Å². The Kier molecular flexibility index (Phi) is 4.18. The van der Waals surface area contributed by atoms with Gasteiger partial charge in [0, 0.05) is 40.8 Å². The van der Waals surface area contributed by atoms with E-state index in [0.717, 1.165) is 30.2 Å². The van der Waals surface area contributed by atoms with Crippen LogP contribution in [0, 0.1) is 0 Å². The molecule has 0 radical (unpaired) electrons. The van der Waals surface area contributed by atoms with Crippen LogP contribution in [0.4, 0.5) is 11.6 Å². The lowest BCUT2D eigenvalue weighted by atomic mass is 10.0. The summed E-state index contributed by atoms with van der Waals surface area (Å²) in [5.41, 5.74) is 14.7. The van der Waals surface area contributed by atoms with E-state index in [1.165, 1.54) is 11.3 Å². The number of nitrogen functional groups attached to an aromatic ring is 2. The molecule has 1 aliphatic carbocycles. The minimum atomic E-state index is -1.13. The number of thiophene rings is 1. The maximum Gasteiger partial charge on any atom is 0.232 e. The molecule has 4 aromatic heterocycles. The highest BCUT2D eigenvalue weighted by Gasteiger charge is 2.35. The van der Waals surface area contributed by atoms with E-state index in [1.54, 1.807) is 24.7 Å². The van der Waals surface area contributed by atoms with Crippen molar-refractivity contribution in [2.24, 2.45) is 0 Å². The molecule has 8 nitrogen and oxygen atoms in total. The second kappa shape index (κ2) is 6.73. The van der Waals surface area contributed by atoms with Crippen LogP contribution in [0.5, 0.6) is 0 Å². The summed E-state index contributed by atoms with van der Waals surface area (Å²) in [6.45, 7) is 0. The first-order valence-corrected chi connectivity index (χ1v) is 10.8. The van der Waals surface area contributed by atoms with Crippen LogP contribution in [0.3, 0.4) is 0 Å². The molecule has 0 spiro atoms. The summed E-state index contributed by atoms with van der Waals surface area (Å²) in [6.07, 6.45) is 7.86. The third kappa shape index (κ3) is 2.81. The molecular weight excluding hydrogens is 396 g/mol. The second-order valence-electron chi connectivity index (χ2n) is 6.60. The van der Waals surface area contributed by atoms with Crippen LogP contribution in [0.15, 0.2) is 39.5 Å². The molecule has 0 bridgehead atoms. The molecule has 28 heavy (non-hydrogen) atoms. The predicted molar refractivity (Wildman–Crippen MR) is 109 cm³/mol. The first-order chi connectivity index (χ1) is 13.6. The summed E-state index contributed by atoms with van der Waals surface area (Å²) >= 11 is 0.240. The average Bonchev–Trinajstić information content (AvgIpc) is 3.29. The molecule has 1 saturated carbocycles. The van der Waals surface area contributed by atoms with Crippen LogP contribution in [0.1, 0.15) is 19.3 Å². The Hall–Kier alpha value is -2.69. The van der Waals surface area contributed by atoms with Crippen LogP contribution in [0.25, 0.3) is 32.8 Å². The molecule has 4 aromatic rings. The van der Waals surface area contributed by atoms with Gasteiger partial charge in [-0.3, -0.25) is 0 Å². The maximum atomic E-state index is 13.0. The molecule has 0 saturated heterocycles. The number of fused-ring (bicyclic) bond motifs is 1. The van der Waals surface area contributed by atoms with Crippen molar-refractivity contribution >= 4 is 44.4 Å². The second-order valence-corrected chi connectivity index (χ2v) is 9.52. The topological polar surface area (TPSA) is 140 Å². The Balaban J connectivity index is 1.72. The Labute approximate surface area is 167 Å². The summed E-state index contributed by atoms with van der Waals surface area (Å²) < 4.78 is 19.0. The Morgan fingerprint density at radius 3 is 2.64 bits per heavy atom. The van der Waals surface area contributed by atoms with Crippen molar-refractivity contribution in [1.82, 2.24) is 20.1 Å². The SMILES string of the molecule is Nc1ncc(-c2cc(-c3ccno3)c3c(N)c([S+]([O-])C4CCC4)sc3n2)cn1. The molecule has 1 aliphatic rings. The van der Waals surface area contributed by atoms with Crippen molar-refractivity contribution in [2.75, 3.05) is 11.5 Å². The molecule has 4 N–H and O–H groups in total. The van der Waals surface area contributed by atoms with Gasteiger partial charge in [-0.15, -0.1) is 0 Å². The number of aromatic nitrogens is 4. The van der Waals surface area contributed by atoms with Gasteiger partial charge in [0.1, 0.15) is 15.8 Å². The molecule has 5 rings (SSSR count). The van der Waals surface area contributed by atoms with Crippen LogP contribution in [-0.4, -0.2) is 29.9 Å². The largest absolute Gasteiger partial charge is 0.611 e. The zero-order valence-electron chi connectivity index (χ0n) is 14.7. The molecule has 10 heteroatoms. The molecule has 0 aliphatic heterocycles. The number of rotatable bonds is 4. The zero-order valence-corrected chi connectivity index (χ0v) is 16.3. The van der Waals surface area contributed by atoms with Crippen molar-refractivity contribution < 1.29 is 9.08 Å². The van der Waals surface area contributed by atoms with Crippen molar-refractivity contribution in [3.63, 3.8) is 0 Å². The van der Waals surface area contributed by atoms with Gasteiger partial charge in [0.05, 0.1) is 17.3 Å². The van der Waals surface area contributed by atoms with E-state index >= 15 is 0 Å². The van der Waals surface area contributed by atoms with Gasteiger partial charge in [0.15, 0.2) is 5.76 Å². The van der Waals surface area contributed by atoms with E-state index in [2.05, 4.69) is 15.1 Å². The van der Waals surface area contributed by atoms with E-state index in [1.807, 2.05) is 6.07 Å². The smallest absolute Gasteiger partial charge is 0.232 e. The minimum absolute atomic E-state index is 0.175.